The Kier molecular flexibility index (Phi) is 6.34. The van der Waals surface area contributed by atoms with Crippen molar-refractivity contribution in [2.75, 3.05) is 6.54 Å². The summed E-state index contributed by atoms with van der Waals surface area (Å²) in [5.41, 5.74) is 2.63. The van der Waals surface area contributed by atoms with Gasteiger partial charge in [0.25, 0.3) is 0 Å². The van der Waals surface area contributed by atoms with E-state index in [1.54, 1.807) is 0 Å². The Labute approximate surface area is 140 Å². The summed E-state index contributed by atoms with van der Waals surface area (Å²) in [7, 11) is 0. The van der Waals surface area contributed by atoms with Crippen LogP contribution >= 0.6 is 27.7 Å². The van der Waals surface area contributed by atoms with Gasteiger partial charge in [0.1, 0.15) is 0 Å². The van der Waals surface area contributed by atoms with Gasteiger partial charge < -0.3 is 5.32 Å². The van der Waals surface area contributed by atoms with Gasteiger partial charge >= 0.3 is 0 Å². The minimum atomic E-state index is 0.685. The normalized spacial score (nSPS) is 11.1. The zero-order chi connectivity index (χ0) is 15.2. The fourth-order valence-corrected chi connectivity index (χ4v) is 3.61. The van der Waals surface area contributed by atoms with Crippen LogP contribution in [0.3, 0.4) is 0 Å². The maximum Gasteiger partial charge on any atom is 0.0318 e. The number of hydrogen-bond acceptors (Lipinski definition) is 2. The third-order valence-corrected chi connectivity index (χ3v) is 5.36. The highest BCUT2D eigenvalue weighted by molar-refractivity contribution is 9.10. The van der Waals surface area contributed by atoms with Crippen LogP contribution in [0.2, 0.25) is 0 Å². The summed E-state index contributed by atoms with van der Waals surface area (Å²) in [6.45, 7) is 8.58. The van der Waals surface area contributed by atoms with E-state index in [0.717, 1.165) is 13.1 Å². The van der Waals surface area contributed by atoms with Crippen LogP contribution < -0.4 is 5.32 Å². The molecule has 0 saturated heterocycles. The third-order valence-electron chi connectivity index (χ3n) is 3.19. The van der Waals surface area contributed by atoms with Crippen molar-refractivity contribution in [3.8, 4) is 0 Å². The molecule has 0 aliphatic carbocycles. The first-order chi connectivity index (χ1) is 10.1. The van der Waals surface area contributed by atoms with Gasteiger partial charge in [0.15, 0.2) is 0 Å². The summed E-state index contributed by atoms with van der Waals surface area (Å²) in [4.78, 5) is 2.57. The van der Waals surface area contributed by atoms with E-state index in [4.69, 9.17) is 0 Å². The minimum absolute atomic E-state index is 0.685. The molecular weight excluding hydrogens is 342 g/mol. The first-order valence-electron chi connectivity index (χ1n) is 7.29. The van der Waals surface area contributed by atoms with Crippen LogP contribution in [-0.4, -0.2) is 6.54 Å². The van der Waals surface area contributed by atoms with Gasteiger partial charge in [0.05, 0.1) is 0 Å². The van der Waals surface area contributed by atoms with Crippen LogP contribution in [-0.2, 0) is 6.54 Å². The number of nitrogens with one attached hydrogen (secondary N) is 1. The van der Waals surface area contributed by atoms with E-state index in [9.17, 15) is 0 Å². The molecule has 0 atom stereocenters. The Morgan fingerprint density at radius 2 is 1.86 bits per heavy atom. The maximum atomic E-state index is 3.70. The van der Waals surface area contributed by atoms with Crippen molar-refractivity contribution in [3.63, 3.8) is 0 Å². The summed E-state index contributed by atoms with van der Waals surface area (Å²) >= 11 is 5.51. The number of hydrogen-bond donors (Lipinski definition) is 1. The first-order valence-corrected chi connectivity index (χ1v) is 8.90. The molecule has 0 amide bonds. The Bertz CT molecular complexity index is 596. The molecule has 3 heteroatoms. The molecular formula is C18H22BrNS. The Hall–Kier alpha value is -0.770. The molecule has 0 unspecified atom stereocenters. The Morgan fingerprint density at radius 3 is 2.52 bits per heavy atom. The number of rotatable bonds is 6. The van der Waals surface area contributed by atoms with Gasteiger partial charge in [0.2, 0.25) is 0 Å². The van der Waals surface area contributed by atoms with E-state index in [2.05, 4.69) is 84.5 Å². The summed E-state index contributed by atoms with van der Waals surface area (Å²) in [5.74, 6) is 0.685. The molecule has 0 aromatic heterocycles. The van der Waals surface area contributed by atoms with Crippen molar-refractivity contribution in [2.24, 2.45) is 5.92 Å². The summed E-state index contributed by atoms with van der Waals surface area (Å²) < 4.78 is 1.17. The standard InChI is InChI=1S/C18H22BrNS/c1-13(2)11-20-12-15-8-9-18(16(19)10-15)21-17-7-5-4-6-14(17)3/h4-10,13,20H,11-12H2,1-3H3. The molecule has 1 nitrogen and oxygen atoms in total. The first kappa shape index (κ1) is 16.6. The van der Waals surface area contributed by atoms with E-state index in [1.807, 2.05) is 11.8 Å². The fraction of sp³-hybridized carbons (Fsp3) is 0.333. The van der Waals surface area contributed by atoms with E-state index in [0.29, 0.717) is 5.92 Å². The Morgan fingerprint density at radius 1 is 1.10 bits per heavy atom. The van der Waals surface area contributed by atoms with E-state index in [1.165, 1.54) is 25.4 Å². The minimum Gasteiger partial charge on any atom is -0.312 e. The second kappa shape index (κ2) is 8.02. The van der Waals surface area contributed by atoms with Crippen molar-refractivity contribution in [3.05, 3.63) is 58.1 Å². The van der Waals surface area contributed by atoms with Gasteiger partial charge in [-0.05, 0) is 64.6 Å². The zero-order valence-electron chi connectivity index (χ0n) is 12.8. The maximum absolute atomic E-state index is 3.70. The molecule has 0 aliphatic heterocycles. The SMILES string of the molecule is Cc1ccccc1Sc1ccc(CNCC(C)C)cc1Br. The van der Waals surface area contributed by atoms with Crippen molar-refractivity contribution < 1.29 is 0 Å². The van der Waals surface area contributed by atoms with E-state index < -0.39 is 0 Å². The molecule has 0 spiro atoms. The van der Waals surface area contributed by atoms with Crippen molar-refractivity contribution in [1.82, 2.24) is 5.32 Å². The molecule has 0 bridgehead atoms. The lowest BCUT2D eigenvalue weighted by Gasteiger charge is -2.11. The summed E-state index contributed by atoms with van der Waals surface area (Å²) in [6.07, 6.45) is 0. The number of benzene rings is 2. The zero-order valence-corrected chi connectivity index (χ0v) is 15.2. The molecule has 0 fully saturated rings. The van der Waals surface area contributed by atoms with Crippen LogP contribution in [0, 0.1) is 12.8 Å². The molecule has 2 aromatic carbocycles. The molecule has 2 rings (SSSR count). The molecule has 0 heterocycles. The van der Waals surface area contributed by atoms with Crippen LogP contribution in [0.1, 0.15) is 25.0 Å². The smallest absolute Gasteiger partial charge is 0.0318 e. The van der Waals surface area contributed by atoms with Crippen LogP contribution in [0.15, 0.2) is 56.7 Å². The Balaban J connectivity index is 2.04. The van der Waals surface area contributed by atoms with Crippen LogP contribution in [0.5, 0.6) is 0 Å². The van der Waals surface area contributed by atoms with Gasteiger partial charge in [0, 0.05) is 20.8 Å². The van der Waals surface area contributed by atoms with Crippen molar-refractivity contribution in [2.45, 2.75) is 37.1 Å². The number of aryl methyl sites for hydroxylation is 1. The highest BCUT2D eigenvalue weighted by Crippen LogP contribution is 2.35. The van der Waals surface area contributed by atoms with E-state index in [-0.39, 0.29) is 0 Å². The summed E-state index contributed by atoms with van der Waals surface area (Å²) in [6, 6.07) is 15.1. The molecule has 1 N–H and O–H groups in total. The van der Waals surface area contributed by atoms with Crippen molar-refractivity contribution >= 4 is 27.7 Å². The largest absolute Gasteiger partial charge is 0.312 e. The molecule has 21 heavy (non-hydrogen) atoms. The summed E-state index contributed by atoms with van der Waals surface area (Å²) in [5, 5.41) is 3.48. The lowest BCUT2D eigenvalue weighted by Crippen LogP contribution is -2.18. The molecule has 0 saturated carbocycles. The molecule has 0 aliphatic rings. The van der Waals surface area contributed by atoms with Gasteiger partial charge in [-0.3, -0.25) is 0 Å². The van der Waals surface area contributed by atoms with Crippen molar-refractivity contribution in [1.29, 1.82) is 0 Å². The molecule has 2 aromatic rings. The topological polar surface area (TPSA) is 12.0 Å². The predicted octanol–water partition coefficient (Wildman–Crippen LogP) is 5.65. The average Bonchev–Trinajstić information content (AvgIpc) is 2.43. The number of halogens is 1. The predicted molar refractivity (Wildman–Crippen MR) is 96.0 cm³/mol. The molecule has 112 valence electrons. The molecule has 0 radical (unpaired) electrons. The quantitative estimate of drug-likeness (QED) is 0.710. The monoisotopic (exact) mass is 363 g/mol. The van der Waals surface area contributed by atoms with Gasteiger partial charge in [-0.15, -0.1) is 0 Å². The van der Waals surface area contributed by atoms with Crippen LogP contribution in [0.25, 0.3) is 0 Å². The van der Waals surface area contributed by atoms with Gasteiger partial charge in [-0.1, -0.05) is 49.9 Å². The lowest BCUT2D eigenvalue weighted by atomic mass is 10.2. The lowest BCUT2D eigenvalue weighted by molar-refractivity contribution is 0.552. The van der Waals surface area contributed by atoms with Gasteiger partial charge in [-0.2, -0.15) is 0 Å². The highest BCUT2D eigenvalue weighted by Gasteiger charge is 2.06. The van der Waals surface area contributed by atoms with Gasteiger partial charge in [-0.25, -0.2) is 0 Å². The second-order valence-electron chi connectivity index (χ2n) is 5.66. The highest BCUT2D eigenvalue weighted by atomic mass is 79.9. The average molecular weight is 364 g/mol. The van der Waals surface area contributed by atoms with E-state index >= 15 is 0 Å². The second-order valence-corrected chi connectivity index (χ2v) is 7.60. The van der Waals surface area contributed by atoms with Crippen LogP contribution in [0.4, 0.5) is 0 Å². The third kappa shape index (κ3) is 5.17. The fourth-order valence-electron chi connectivity index (χ4n) is 2.03.